The predicted molar refractivity (Wildman–Crippen MR) is 85.9 cm³/mol. The Kier molecular flexibility index (Phi) is 3.62. The molecule has 2 heterocycles. The van der Waals surface area contributed by atoms with Gasteiger partial charge in [0.1, 0.15) is 5.75 Å². The summed E-state index contributed by atoms with van der Waals surface area (Å²) in [7, 11) is 1.63. The number of hydrogen-bond acceptors (Lipinski definition) is 4. The van der Waals surface area contributed by atoms with Crippen LogP contribution in [0.2, 0.25) is 0 Å². The van der Waals surface area contributed by atoms with Crippen molar-refractivity contribution in [3.63, 3.8) is 0 Å². The van der Waals surface area contributed by atoms with E-state index >= 15 is 0 Å². The van der Waals surface area contributed by atoms with Gasteiger partial charge in [0.25, 0.3) is 0 Å². The van der Waals surface area contributed by atoms with E-state index < -0.39 is 0 Å². The second kappa shape index (κ2) is 5.57. The molecule has 3 aromatic rings. The molecule has 0 radical (unpaired) electrons. The number of H-pyrrole nitrogens is 1. The predicted octanol–water partition coefficient (Wildman–Crippen LogP) is 3.49. The number of pyridine rings is 1. The number of nitrogen functional groups attached to an aromatic ring is 1. The standard InChI is InChI=1S/C15H13BrN4O/c1-21-9-5-6-11(16)10(8-9)14-13(15(17)20-19-14)12-4-2-3-7-18-12/h2-8H,1H3,(H3,17,19,20). The molecule has 1 aromatic carbocycles. The Hall–Kier alpha value is -2.34. The number of methoxy groups -OCH3 is 1. The molecule has 0 atom stereocenters. The van der Waals surface area contributed by atoms with Gasteiger partial charge in [-0.25, -0.2) is 0 Å². The van der Waals surface area contributed by atoms with E-state index in [4.69, 9.17) is 10.5 Å². The van der Waals surface area contributed by atoms with Crippen molar-refractivity contribution in [2.24, 2.45) is 0 Å². The molecular formula is C15H13BrN4O. The van der Waals surface area contributed by atoms with Gasteiger partial charge in [-0.1, -0.05) is 22.0 Å². The molecule has 5 nitrogen and oxygen atoms in total. The van der Waals surface area contributed by atoms with E-state index in [1.807, 2.05) is 36.4 Å². The fraction of sp³-hybridized carbons (Fsp3) is 0.0667. The maximum atomic E-state index is 6.00. The molecule has 0 aliphatic heterocycles. The first kappa shape index (κ1) is 13.6. The lowest BCUT2D eigenvalue weighted by Crippen LogP contribution is -1.91. The van der Waals surface area contributed by atoms with Crippen molar-refractivity contribution < 1.29 is 4.74 Å². The first-order chi connectivity index (χ1) is 10.2. The second-order valence-corrected chi connectivity index (χ2v) is 5.27. The van der Waals surface area contributed by atoms with Crippen molar-refractivity contribution in [2.75, 3.05) is 12.8 Å². The number of nitrogens with zero attached hydrogens (tertiary/aromatic N) is 2. The Morgan fingerprint density at radius 2 is 2.10 bits per heavy atom. The molecule has 106 valence electrons. The quantitative estimate of drug-likeness (QED) is 0.762. The fourth-order valence-corrected chi connectivity index (χ4v) is 2.59. The number of ether oxygens (including phenoxy) is 1. The van der Waals surface area contributed by atoms with Crippen LogP contribution in [0.4, 0.5) is 5.82 Å². The second-order valence-electron chi connectivity index (χ2n) is 4.42. The zero-order valence-electron chi connectivity index (χ0n) is 11.3. The van der Waals surface area contributed by atoms with E-state index in [0.717, 1.165) is 32.7 Å². The Bertz CT molecular complexity index is 771. The first-order valence-electron chi connectivity index (χ1n) is 6.30. The van der Waals surface area contributed by atoms with Crippen molar-refractivity contribution in [1.29, 1.82) is 0 Å². The Balaban J connectivity index is 2.21. The molecule has 0 saturated carbocycles. The Labute approximate surface area is 130 Å². The summed E-state index contributed by atoms with van der Waals surface area (Å²) < 4.78 is 6.20. The van der Waals surface area contributed by atoms with E-state index in [-0.39, 0.29) is 0 Å². The van der Waals surface area contributed by atoms with Crippen LogP contribution in [-0.4, -0.2) is 22.3 Å². The van der Waals surface area contributed by atoms with Gasteiger partial charge in [0.2, 0.25) is 0 Å². The van der Waals surface area contributed by atoms with Crippen LogP contribution >= 0.6 is 15.9 Å². The third-order valence-electron chi connectivity index (χ3n) is 3.16. The van der Waals surface area contributed by atoms with Crippen LogP contribution in [0.3, 0.4) is 0 Å². The molecule has 21 heavy (non-hydrogen) atoms. The molecule has 0 spiro atoms. The van der Waals surface area contributed by atoms with Crippen LogP contribution in [0.15, 0.2) is 47.1 Å². The minimum absolute atomic E-state index is 0.415. The molecule has 0 saturated heterocycles. The molecule has 0 aliphatic rings. The highest BCUT2D eigenvalue weighted by molar-refractivity contribution is 9.10. The molecule has 3 rings (SSSR count). The summed E-state index contributed by atoms with van der Waals surface area (Å²) in [5.41, 5.74) is 9.27. The van der Waals surface area contributed by atoms with Gasteiger partial charge in [-0.2, -0.15) is 5.10 Å². The molecule has 0 bridgehead atoms. The SMILES string of the molecule is COc1ccc(Br)c(-c2[nH]nc(N)c2-c2ccccn2)c1. The van der Waals surface area contributed by atoms with Gasteiger partial charge in [-0.05, 0) is 30.3 Å². The largest absolute Gasteiger partial charge is 0.497 e. The van der Waals surface area contributed by atoms with Gasteiger partial charge in [-0.15, -0.1) is 0 Å². The number of rotatable bonds is 3. The number of benzene rings is 1. The summed E-state index contributed by atoms with van der Waals surface area (Å²) in [5, 5.41) is 7.10. The number of anilines is 1. The number of aromatic amines is 1. The summed E-state index contributed by atoms with van der Waals surface area (Å²) in [6, 6.07) is 11.4. The molecule has 0 unspecified atom stereocenters. The highest BCUT2D eigenvalue weighted by Crippen LogP contribution is 2.38. The molecule has 0 amide bonds. The summed E-state index contributed by atoms with van der Waals surface area (Å²) in [4.78, 5) is 4.35. The van der Waals surface area contributed by atoms with Crippen molar-refractivity contribution in [2.45, 2.75) is 0 Å². The average Bonchev–Trinajstić information content (AvgIpc) is 2.90. The minimum atomic E-state index is 0.415. The molecule has 2 aromatic heterocycles. The van der Waals surface area contributed by atoms with Crippen molar-refractivity contribution in [3.05, 3.63) is 47.1 Å². The van der Waals surface area contributed by atoms with Crippen LogP contribution in [0.25, 0.3) is 22.5 Å². The maximum absolute atomic E-state index is 6.00. The zero-order valence-corrected chi connectivity index (χ0v) is 12.9. The van der Waals surface area contributed by atoms with Crippen LogP contribution < -0.4 is 10.5 Å². The molecule has 0 fully saturated rings. The zero-order chi connectivity index (χ0) is 14.8. The highest BCUT2D eigenvalue weighted by Gasteiger charge is 2.18. The number of halogens is 1. The third kappa shape index (κ3) is 2.50. The van der Waals surface area contributed by atoms with Crippen LogP contribution in [-0.2, 0) is 0 Å². The topological polar surface area (TPSA) is 76.8 Å². The number of nitrogens with two attached hydrogens (primary N) is 1. The molecule has 3 N–H and O–H groups in total. The molecular weight excluding hydrogens is 332 g/mol. The third-order valence-corrected chi connectivity index (χ3v) is 3.85. The van der Waals surface area contributed by atoms with Crippen LogP contribution in [0.1, 0.15) is 0 Å². The van der Waals surface area contributed by atoms with Gasteiger partial charge in [0.05, 0.1) is 24.1 Å². The van der Waals surface area contributed by atoms with Crippen molar-refractivity contribution in [1.82, 2.24) is 15.2 Å². The van der Waals surface area contributed by atoms with Crippen LogP contribution in [0.5, 0.6) is 5.75 Å². The normalized spacial score (nSPS) is 10.6. The van der Waals surface area contributed by atoms with Crippen molar-refractivity contribution >= 4 is 21.7 Å². The van der Waals surface area contributed by atoms with E-state index in [1.165, 1.54) is 0 Å². The summed E-state index contributed by atoms with van der Waals surface area (Å²) >= 11 is 3.55. The maximum Gasteiger partial charge on any atom is 0.155 e. The first-order valence-corrected chi connectivity index (χ1v) is 7.09. The van der Waals surface area contributed by atoms with E-state index in [9.17, 15) is 0 Å². The van der Waals surface area contributed by atoms with Gasteiger partial charge in [-0.3, -0.25) is 10.1 Å². The van der Waals surface area contributed by atoms with Crippen LogP contribution in [0, 0.1) is 0 Å². The average molecular weight is 345 g/mol. The Morgan fingerprint density at radius 1 is 1.24 bits per heavy atom. The van der Waals surface area contributed by atoms with Gasteiger partial charge in [0.15, 0.2) is 5.82 Å². The molecule has 0 aliphatic carbocycles. The highest BCUT2D eigenvalue weighted by atomic mass is 79.9. The minimum Gasteiger partial charge on any atom is -0.497 e. The lowest BCUT2D eigenvalue weighted by Gasteiger charge is -2.08. The smallest absolute Gasteiger partial charge is 0.155 e. The van der Waals surface area contributed by atoms with Gasteiger partial charge in [0, 0.05) is 16.2 Å². The summed E-state index contributed by atoms with van der Waals surface area (Å²) in [5.74, 6) is 1.17. The number of aromatic nitrogens is 3. The molecule has 6 heteroatoms. The number of nitrogens with one attached hydrogen (secondary N) is 1. The summed E-state index contributed by atoms with van der Waals surface area (Å²) in [6.07, 6.45) is 1.73. The Morgan fingerprint density at radius 3 is 2.81 bits per heavy atom. The van der Waals surface area contributed by atoms with Gasteiger partial charge < -0.3 is 10.5 Å². The lowest BCUT2D eigenvalue weighted by molar-refractivity contribution is 0.415. The fourth-order valence-electron chi connectivity index (χ4n) is 2.14. The van der Waals surface area contributed by atoms with E-state index in [1.54, 1.807) is 13.3 Å². The summed E-state index contributed by atoms with van der Waals surface area (Å²) in [6.45, 7) is 0. The monoisotopic (exact) mass is 344 g/mol. The van der Waals surface area contributed by atoms with Crippen molar-refractivity contribution in [3.8, 4) is 28.3 Å². The van der Waals surface area contributed by atoms with Gasteiger partial charge >= 0.3 is 0 Å². The number of hydrogen-bond donors (Lipinski definition) is 2. The van der Waals surface area contributed by atoms with E-state index in [0.29, 0.717) is 5.82 Å². The van der Waals surface area contributed by atoms with E-state index in [2.05, 4.69) is 31.1 Å². The lowest BCUT2D eigenvalue weighted by atomic mass is 10.0.